The lowest BCUT2D eigenvalue weighted by Gasteiger charge is -2.38. The van der Waals surface area contributed by atoms with Crippen molar-refractivity contribution >= 4 is 17.3 Å². The first kappa shape index (κ1) is 21.7. The fourth-order valence-corrected chi connectivity index (χ4v) is 4.70. The van der Waals surface area contributed by atoms with Crippen molar-refractivity contribution in [2.24, 2.45) is 4.99 Å². The summed E-state index contributed by atoms with van der Waals surface area (Å²) in [6.45, 7) is 5.96. The van der Waals surface area contributed by atoms with Gasteiger partial charge in [-0.25, -0.2) is 4.99 Å². The Hall–Kier alpha value is -2.57. The first-order chi connectivity index (χ1) is 15.3. The van der Waals surface area contributed by atoms with E-state index in [4.69, 9.17) is 9.41 Å². The van der Waals surface area contributed by atoms with E-state index in [0.29, 0.717) is 18.6 Å². The second kappa shape index (κ2) is 11.2. The Balaban J connectivity index is 1.31. The summed E-state index contributed by atoms with van der Waals surface area (Å²) in [4.78, 5) is 8.71. The molecule has 1 aromatic carbocycles. The monoisotopic (exact) mass is 436 g/mol. The first-order valence-corrected chi connectivity index (χ1v) is 12.0. The Morgan fingerprint density at radius 1 is 1.16 bits per heavy atom. The van der Waals surface area contributed by atoms with Crippen molar-refractivity contribution in [3.05, 3.63) is 82.4 Å². The third kappa shape index (κ3) is 6.71. The Morgan fingerprint density at radius 2 is 2.06 bits per heavy atom. The lowest BCUT2D eigenvalue weighted by Crippen LogP contribution is -2.51. The minimum atomic E-state index is 0.431. The molecule has 31 heavy (non-hydrogen) atoms. The van der Waals surface area contributed by atoms with Gasteiger partial charge in [0.25, 0.3) is 0 Å². The van der Waals surface area contributed by atoms with Gasteiger partial charge in [0, 0.05) is 43.0 Å². The molecule has 2 aromatic heterocycles. The number of piperidine rings is 1. The number of thiophene rings is 1. The molecule has 2 unspecified atom stereocenters. The zero-order valence-electron chi connectivity index (χ0n) is 18.2. The van der Waals surface area contributed by atoms with Crippen LogP contribution in [0.1, 0.15) is 36.0 Å². The number of benzene rings is 1. The zero-order chi connectivity index (χ0) is 21.3. The first-order valence-electron chi connectivity index (χ1n) is 11.1. The van der Waals surface area contributed by atoms with E-state index < -0.39 is 0 Å². The van der Waals surface area contributed by atoms with Crippen LogP contribution in [-0.4, -0.2) is 36.0 Å². The molecule has 3 heterocycles. The van der Waals surface area contributed by atoms with Gasteiger partial charge in [0.2, 0.25) is 0 Å². The number of nitrogens with zero attached hydrogens (tertiary/aromatic N) is 2. The normalized spacial score (nSPS) is 20.0. The van der Waals surface area contributed by atoms with Gasteiger partial charge >= 0.3 is 0 Å². The minimum absolute atomic E-state index is 0.431. The smallest absolute Gasteiger partial charge is 0.191 e. The molecule has 5 nitrogen and oxygen atoms in total. The van der Waals surface area contributed by atoms with Crippen LogP contribution in [0.2, 0.25) is 0 Å². The van der Waals surface area contributed by atoms with Gasteiger partial charge in [0.1, 0.15) is 5.76 Å². The van der Waals surface area contributed by atoms with E-state index in [1.807, 2.05) is 12.1 Å². The summed E-state index contributed by atoms with van der Waals surface area (Å²) in [5.74, 6) is 1.89. The maximum absolute atomic E-state index is 5.45. The van der Waals surface area contributed by atoms with Gasteiger partial charge in [-0.3, -0.25) is 4.90 Å². The van der Waals surface area contributed by atoms with Crippen molar-refractivity contribution in [1.29, 1.82) is 0 Å². The van der Waals surface area contributed by atoms with E-state index in [0.717, 1.165) is 50.6 Å². The van der Waals surface area contributed by atoms with E-state index >= 15 is 0 Å². The largest absolute Gasteiger partial charge is 0.469 e. The van der Waals surface area contributed by atoms with Crippen LogP contribution in [0.3, 0.4) is 0 Å². The van der Waals surface area contributed by atoms with Crippen molar-refractivity contribution in [3.8, 4) is 0 Å². The second-order valence-corrected chi connectivity index (χ2v) is 9.20. The summed E-state index contributed by atoms with van der Waals surface area (Å²) in [6.07, 6.45) is 4.81. The fourth-order valence-electron chi connectivity index (χ4n) is 4.07. The van der Waals surface area contributed by atoms with Crippen molar-refractivity contribution < 1.29 is 4.42 Å². The highest BCUT2D eigenvalue weighted by Gasteiger charge is 2.26. The molecule has 0 saturated carbocycles. The molecule has 2 N–H and O–H groups in total. The molecule has 6 heteroatoms. The molecule has 4 rings (SSSR count). The van der Waals surface area contributed by atoms with Gasteiger partial charge in [-0.2, -0.15) is 0 Å². The number of rotatable bonds is 8. The van der Waals surface area contributed by atoms with Gasteiger partial charge < -0.3 is 15.1 Å². The van der Waals surface area contributed by atoms with Crippen LogP contribution in [-0.2, 0) is 19.5 Å². The van der Waals surface area contributed by atoms with Crippen LogP contribution in [0.4, 0.5) is 0 Å². The summed E-state index contributed by atoms with van der Waals surface area (Å²) in [5.41, 5.74) is 1.39. The van der Waals surface area contributed by atoms with Crippen LogP contribution >= 0.6 is 11.3 Å². The molecular formula is C25H32N4OS. The standard InChI is InChI=1S/C25H32N4OS/c1-20-17-22(12-14-29(20)19-21-7-3-2-4-8-21)28-25(27-18-24-10-6-16-31-24)26-13-11-23-9-5-15-30-23/h2-10,15-16,20,22H,11-14,17-19H2,1H3,(H2,26,27,28). The molecule has 0 bridgehead atoms. The summed E-state index contributed by atoms with van der Waals surface area (Å²) in [5, 5.41) is 9.31. The molecule has 0 aliphatic carbocycles. The molecule has 0 spiro atoms. The Labute approximate surface area is 189 Å². The number of likely N-dealkylation sites (tertiary alicyclic amines) is 1. The third-order valence-electron chi connectivity index (χ3n) is 5.80. The van der Waals surface area contributed by atoms with E-state index in [1.165, 1.54) is 10.4 Å². The number of hydrogen-bond acceptors (Lipinski definition) is 4. The van der Waals surface area contributed by atoms with Crippen molar-refractivity contribution in [3.63, 3.8) is 0 Å². The molecule has 164 valence electrons. The molecule has 0 radical (unpaired) electrons. The number of furan rings is 1. The highest BCUT2D eigenvalue weighted by Crippen LogP contribution is 2.20. The summed E-state index contributed by atoms with van der Waals surface area (Å²) in [7, 11) is 0. The third-order valence-corrected chi connectivity index (χ3v) is 6.66. The molecule has 1 aliphatic heterocycles. The molecule has 2 atom stereocenters. The lowest BCUT2D eigenvalue weighted by atomic mass is 9.97. The van der Waals surface area contributed by atoms with Crippen LogP contribution in [0.25, 0.3) is 0 Å². The van der Waals surface area contributed by atoms with Crippen molar-refractivity contribution in [1.82, 2.24) is 15.5 Å². The van der Waals surface area contributed by atoms with Gasteiger partial charge in [0.05, 0.1) is 12.8 Å². The molecule has 1 saturated heterocycles. The molecule has 0 amide bonds. The van der Waals surface area contributed by atoms with Gasteiger partial charge in [-0.05, 0) is 48.9 Å². The predicted molar refractivity (Wildman–Crippen MR) is 128 cm³/mol. The van der Waals surface area contributed by atoms with Gasteiger partial charge in [-0.1, -0.05) is 36.4 Å². The lowest BCUT2D eigenvalue weighted by molar-refractivity contribution is 0.134. The van der Waals surface area contributed by atoms with Gasteiger partial charge in [-0.15, -0.1) is 11.3 Å². The summed E-state index contributed by atoms with van der Waals surface area (Å²) < 4.78 is 5.45. The van der Waals surface area contributed by atoms with Crippen LogP contribution in [0, 0.1) is 0 Å². The second-order valence-electron chi connectivity index (χ2n) is 8.17. The maximum atomic E-state index is 5.45. The Bertz CT molecular complexity index is 908. The van der Waals surface area contributed by atoms with E-state index in [9.17, 15) is 0 Å². The maximum Gasteiger partial charge on any atom is 0.191 e. The number of nitrogens with one attached hydrogen (secondary N) is 2. The fraction of sp³-hybridized carbons (Fsp3) is 0.400. The van der Waals surface area contributed by atoms with E-state index in [1.54, 1.807) is 17.6 Å². The van der Waals surface area contributed by atoms with Crippen molar-refractivity contribution in [2.45, 2.75) is 51.4 Å². The molecule has 3 aromatic rings. The highest BCUT2D eigenvalue weighted by molar-refractivity contribution is 7.09. The highest BCUT2D eigenvalue weighted by atomic mass is 32.1. The quantitative estimate of drug-likeness (QED) is 0.398. The predicted octanol–water partition coefficient (Wildman–Crippen LogP) is 4.67. The Kier molecular flexibility index (Phi) is 7.80. The number of guanidine groups is 1. The summed E-state index contributed by atoms with van der Waals surface area (Å²) >= 11 is 1.75. The average molecular weight is 437 g/mol. The topological polar surface area (TPSA) is 52.8 Å². The number of hydrogen-bond donors (Lipinski definition) is 2. The molecule has 1 fully saturated rings. The average Bonchev–Trinajstić information content (AvgIpc) is 3.49. The van der Waals surface area contributed by atoms with Crippen LogP contribution in [0.5, 0.6) is 0 Å². The Morgan fingerprint density at radius 3 is 2.81 bits per heavy atom. The molecular weight excluding hydrogens is 404 g/mol. The van der Waals surface area contributed by atoms with E-state index in [-0.39, 0.29) is 0 Å². The van der Waals surface area contributed by atoms with Crippen LogP contribution < -0.4 is 10.6 Å². The number of aliphatic imine (C=N–C) groups is 1. The zero-order valence-corrected chi connectivity index (χ0v) is 19.0. The SMILES string of the molecule is CC1CC(NC(=NCc2cccs2)NCCc2ccco2)CCN1Cc1ccccc1. The van der Waals surface area contributed by atoms with Gasteiger partial charge in [0.15, 0.2) is 5.96 Å². The van der Waals surface area contributed by atoms with E-state index in [2.05, 4.69) is 70.3 Å². The minimum Gasteiger partial charge on any atom is -0.469 e. The summed E-state index contributed by atoms with van der Waals surface area (Å²) in [6, 6.07) is 19.9. The van der Waals surface area contributed by atoms with Crippen LogP contribution in [0.15, 0.2) is 75.7 Å². The molecule has 1 aliphatic rings. The van der Waals surface area contributed by atoms with Crippen molar-refractivity contribution in [2.75, 3.05) is 13.1 Å².